The molecule has 0 fully saturated rings. The van der Waals surface area contributed by atoms with Crippen molar-refractivity contribution in [2.24, 2.45) is 0 Å². The molecule has 0 amide bonds. The number of rotatable bonds is 6. The molecule has 4 heteroatoms. The molecule has 0 spiro atoms. The first-order valence-electron chi connectivity index (χ1n) is 7.14. The smallest absolute Gasteiger partial charge is 0.180 e. The van der Waals surface area contributed by atoms with E-state index in [0.29, 0.717) is 23.5 Å². The van der Waals surface area contributed by atoms with Gasteiger partial charge in [-0.15, -0.1) is 0 Å². The standard InChI is InChI=1S/C17H21NO2S/c1-3-12-21(19,20)17-7-5-4-6-16(17)18-13-15-10-8-14(2)9-11-15/h4-11,18H,3,12-13H2,1-2H3. The highest BCUT2D eigenvalue weighted by Crippen LogP contribution is 2.23. The van der Waals surface area contributed by atoms with Gasteiger partial charge in [-0.3, -0.25) is 0 Å². The predicted molar refractivity (Wildman–Crippen MR) is 87.3 cm³/mol. The fourth-order valence-electron chi connectivity index (χ4n) is 2.17. The summed E-state index contributed by atoms with van der Waals surface area (Å²) in [6.07, 6.45) is 0.620. The van der Waals surface area contributed by atoms with Gasteiger partial charge in [-0.25, -0.2) is 8.42 Å². The third kappa shape index (κ3) is 4.08. The van der Waals surface area contributed by atoms with Gasteiger partial charge in [0, 0.05) is 6.54 Å². The maximum Gasteiger partial charge on any atom is 0.180 e. The monoisotopic (exact) mass is 303 g/mol. The number of nitrogens with one attached hydrogen (secondary N) is 1. The first kappa shape index (κ1) is 15.6. The van der Waals surface area contributed by atoms with Crippen molar-refractivity contribution in [1.29, 1.82) is 0 Å². The molecule has 1 N–H and O–H groups in total. The van der Waals surface area contributed by atoms with Gasteiger partial charge in [0.05, 0.1) is 16.3 Å². The van der Waals surface area contributed by atoms with Crippen molar-refractivity contribution < 1.29 is 8.42 Å². The van der Waals surface area contributed by atoms with Crippen molar-refractivity contribution in [3.8, 4) is 0 Å². The minimum absolute atomic E-state index is 0.177. The van der Waals surface area contributed by atoms with E-state index >= 15 is 0 Å². The van der Waals surface area contributed by atoms with Crippen LogP contribution in [-0.4, -0.2) is 14.2 Å². The van der Waals surface area contributed by atoms with Gasteiger partial charge in [-0.2, -0.15) is 0 Å². The highest BCUT2D eigenvalue weighted by atomic mass is 32.2. The number of aryl methyl sites for hydroxylation is 1. The highest BCUT2D eigenvalue weighted by molar-refractivity contribution is 7.91. The minimum atomic E-state index is -3.21. The SMILES string of the molecule is CCCS(=O)(=O)c1ccccc1NCc1ccc(C)cc1. The average Bonchev–Trinajstić information content (AvgIpc) is 2.47. The molecular weight excluding hydrogens is 282 g/mol. The van der Waals surface area contributed by atoms with Crippen molar-refractivity contribution in [1.82, 2.24) is 0 Å². The summed E-state index contributed by atoms with van der Waals surface area (Å²) in [7, 11) is -3.21. The maximum absolute atomic E-state index is 12.3. The Morgan fingerprint density at radius 2 is 1.67 bits per heavy atom. The molecule has 112 valence electrons. The van der Waals surface area contributed by atoms with E-state index in [-0.39, 0.29) is 5.75 Å². The van der Waals surface area contributed by atoms with Crippen LogP contribution in [0.5, 0.6) is 0 Å². The molecule has 0 saturated heterocycles. The second-order valence-corrected chi connectivity index (χ2v) is 7.23. The Morgan fingerprint density at radius 3 is 2.33 bits per heavy atom. The molecule has 2 rings (SSSR count). The average molecular weight is 303 g/mol. The van der Waals surface area contributed by atoms with Gasteiger partial charge in [-0.05, 0) is 31.0 Å². The van der Waals surface area contributed by atoms with Crippen LogP contribution >= 0.6 is 0 Å². The second-order valence-electron chi connectivity index (χ2n) is 5.15. The molecule has 0 radical (unpaired) electrons. The fraction of sp³-hybridized carbons (Fsp3) is 0.294. The summed E-state index contributed by atoms with van der Waals surface area (Å²) >= 11 is 0. The molecule has 21 heavy (non-hydrogen) atoms. The first-order valence-corrected chi connectivity index (χ1v) is 8.79. The second kappa shape index (κ2) is 6.76. The molecule has 0 aliphatic rings. The van der Waals surface area contributed by atoms with E-state index in [0.717, 1.165) is 5.56 Å². The summed E-state index contributed by atoms with van der Waals surface area (Å²) in [4.78, 5) is 0.388. The third-order valence-corrected chi connectivity index (χ3v) is 5.27. The van der Waals surface area contributed by atoms with E-state index in [4.69, 9.17) is 0 Å². The van der Waals surface area contributed by atoms with Gasteiger partial charge < -0.3 is 5.32 Å². The summed E-state index contributed by atoms with van der Waals surface area (Å²) in [6, 6.07) is 15.3. The molecule has 0 unspecified atom stereocenters. The first-order chi connectivity index (χ1) is 10.0. The zero-order valence-corrected chi connectivity index (χ0v) is 13.3. The lowest BCUT2D eigenvalue weighted by Crippen LogP contribution is -2.10. The number of hydrogen-bond donors (Lipinski definition) is 1. The maximum atomic E-state index is 12.3. The highest BCUT2D eigenvalue weighted by Gasteiger charge is 2.16. The molecule has 0 atom stereocenters. The van der Waals surface area contributed by atoms with Crippen LogP contribution in [0.25, 0.3) is 0 Å². The van der Waals surface area contributed by atoms with Crippen molar-refractivity contribution in [2.45, 2.75) is 31.7 Å². The Morgan fingerprint density at radius 1 is 1.00 bits per heavy atom. The summed E-state index contributed by atoms with van der Waals surface area (Å²) in [5.74, 6) is 0.177. The van der Waals surface area contributed by atoms with Crippen molar-refractivity contribution >= 4 is 15.5 Å². The molecule has 2 aromatic rings. The lowest BCUT2D eigenvalue weighted by molar-refractivity contribution is 0.595. The van der Waals surface area contributed by atoms with Crippen LogP contribution in [0.4, 0.5) is 5.69 Å². The van der Waals surface area contributed by atoms with Crippen LogP contribution in [0, 0.1) is 6.92 Å². The Hall–Kier alpha value is -1.81. The summed E-state index contributed by atoms with van der Waals surface area (Å²) in [5, 5.41) is 3.23. The van der Waals surface area contributed by atoms with Gasteiger partial charge in [-0.1, -0.05) is 48.9 Å². The molecule has 0 bridgehead atoms. The number of anilines is 1. The van der Waals surface area contributed by atoms with E-state index in [1.54, 1.807) is 12.1 Å². The molecule has 0 aromatic heterocycles. The third-order valence-electron chi connectivity index (χ3n) is 3.30. The lowest BCUT2D eigenvalue weighted by Gasteiger charge is -2.12. The summed E-state index contributed by atoms with van der Waals surface area (Å²) in [6.45, 7) is 4.53. The van der Waals surface area contributed by atoms with Gasteiger partial charge >= 0.3 is 0 Å². The fourth-order valence-corrected chi connectivity index (χ4v) is 3.68. The minimum Gasteiger partial charge on any atom is -0.380 e. The zero-order chi connectivity index (χ0) is 15.3. The summed E-state index contributed by atoms with van der Waals surface area (Å²) in [5.41, 5.74) is 3.01. The Kier molecular flexibility index (Phi) is 5.02. The van der Waals surface area contributed by atoms with Gasteiger partial charge in [0.25, 0.3) is 0 Å². The van der Waals surface area contributed by atoms with E-state index in [1.807, 2.05) is 38.1 Å². The van der Waals surface area contributed by atoms with E-state index < -0.39 is 9.84 Å². The normalized spacial score (nSPS) is 11.3. The van der Waals surface area contributed by atoms with Gasteiger partial charge in [0.1, 0.15) is 0 Å². The van der Waals surface area contributed by atoms with Gasteiger partial charge in [0.15, 0.2) is 9.84 Å². The van der Waals surface area contributed by atoms with Crippen molar-refractivity contribution in [3.63, 3.8) is 0 Å². The van der Waals surface area contributed by atoms with Crippen LogP contribution in [0.1, 0.15) is 24.5 Å². The van der Waals surface area contributed by atoms with E-state index in [9.17, 15) is 8.42 Å². The summed E-state index contributed by atoms with van der Waals surface area (Å²) < 4.78 is 24.5. The predicted octanol–water partition coefficient (Wildman–Crippen LogP) is 3.79. The number of para-hydroxylation sites is 1. The molecular formula is C17H21NO2S. The van der Waals surface area contributed by atoms with Crippen LogP contribution < -0.4 is 5.32 Å². The number of benzene rings is 2. The molecule has 0 saturated carbocycles. The number of sulfone groups is 1. The van der Waals surface area contributed by atoms with Crippen LogP contribution in [0.2, 0.25) is 0 Å². The molecule has 2 aromatic carbocycles. The Balaban J connectivity index is 2.19. The topological polar surface area (TPSA) is 46.2 Å². The Labute approximate surface area is 126 Å². The quantitative estimate of drug-likeness (QED) is 0.883. The molecule has 0 aliphatic heterocycles. The molecule has 0 aliphatic carbocycles. The molecule has 0 heterocycles. The zero-order valence-electron chi connectivity index (χ0n) is 12.5. The largest absolute Gasteiger partial charge is 0.380 e. The molecule has 3 nitrogen and oxygen atoms in total. The Bertz CT molecular complexity index is 691. The van der Waals surface area contributed by atoms with Crippen LogP contribution in [0.3, 0.4) is 0 Å². The van der Waals surface area contributed by atoms with Crippen molar-refractivity contribution in [3.05, 3.63) is 59.7 Å². The van der Waals surface area contributed by atoms with E-state index in [2.05, 4.69) is 17.4 Å². The van der Waals surface area contributed by atoms with Crippen LogP contribution in [0.15, 0.2) is 53.4 Å². The van der Waals surface area contributed by atoms with Crippen LogP contribution in [-0.2, 0) is 16.4 Å². The van der Waals surface area contributed by atoms with Gasteiger partial charge in [0.2, 0.25) is 0 Å². The number of hydrogen-bond acceptors (Lipinski definition) is 3. The lowest BCUT2D eigenvalue weighted by atomic mass is 10.1. The van der Waals surface area contributed by atoms with Crippen molar-refractivity contribution in [2.75, 3.05) is 11.1 Å². The van der Waals surface area contributed by atoms with E-state index in [1.165, 1.54) is 5.56 Å².